The summed E-state index contributed by atoms with van der Waals surface area (Å²) in [5, 5.41) is 8.91. The lowest BCUT2D eigenvalue weighted by Crippen LogP contribution is -2.45. The number of carbonyl (C=O) groups excluding carboxylic acids is 1. The lowest BCUT2D eigenvalue weighted by atomic mass is 9.99. The number of piperidine rings is 1. The normalized spacial score (nSPS) is 21.4. The van der Waals surface area contributed by atoms with Gasteiger partial charge in [0.2, 0.25) is 5.91 Å². The molecule has 0 radical (unpaired) electrons. The Hall–Kier alpha value is -0.680. The molecule has 0 bridgehead atoms. The molecule has 1 fully saturated rings. The number of aliphatic hydroxyl groups excluding tert-OH is 1. The molecule has 0 saturated carbocycles. The SMILES string of the molecule is NC(=S)CC(=O)N1CCCCC1CCO. The van der Waals surface area contributed by atoms with Gasteiger partial charge in [-0.05, 0) is 25.7 Å². The first-order valence-electron chi connectivity index (χ1n) is 5.33. The van der Waals surface area contributed by atoms with Gasteiger partial charge in [0.25, 0.3) is 0 Å². The van der Waals surface area contributed by atoms with Crippen LogP contribution in [-0.2, 0) is 4.79 Å². The van der Waals surface area contributed by atoms with Crippen LogP contribution in [0.5, 0.6) is 0 Å². The summed E-state index contributed by atoms with van der Waals surface area (Å²) in [7, 11) is 0. The van der Waals surface area contributed by atoms with Crippen molar-refractivity contribution in [3.63, 3.8) is 0 Å². The third kappa shape index (κ3) is 3.76. The fraction of sp³-hybridized carbons (Fsp3) is 0.800. The predicted molar refractivity (Wildman–Crippen MR) is 62.5 cm³/mol. The number of carbonyl (C=O) groups is 1. The van der Waals surface area contributed by atoms with Crippen molar-refractivity contribution in [3.8, 4) is 0 Å². The van der Waals surface area contributed by atoms with Crippen LogP contribution < -0.4 is 5.73 Å². The molecule has 1 atom stereocenters. The van der Waals surface area contributed by atoms with Crippen LogP contribution in [0.4, 0.5) is 0 Å². The second-order valence-electron chi connectivity index (χ2n) is 3.89. The predicted octanol–water partition coefficient (Wildman–Crippen LogP) is 0.426. The quantitative estimate of drug-likeness (QED) is 0.687. The van der Waals surface area contributed by atoms with Crippen molar-refractivity contribution in [1.82, 2.24) is 4.90 Å². The molecule has 1 aliphatic heterocycles. The van der Waals surface area contributed by atoms with Gasteiger partial charge in [0.15, 0.2) is 0 Å². The summed E-state index contributed by atoms with van der Waals surface area (Å²) in [6.45, 7) is 0.896. The molecular weight excluding hydrogens is 212 g/mol. The summed E-state index contributed by atoms with van der Waals surface area (Å²) in [6.07, 6.45) is 3.94. The van der Waals surface area contributed by atoms with Crippen molar-refractivity contribution in [2.45, 2.75) is 38.1 Å². The fourth-order valence-electron chi connectivity index (χ4n) is 2.03. The van der Waals surface area contributed by atoms with Gasteiger partial charge < -0.3 is 15.7 Å². The number of nitrogens with zero attached hydrogens (tertiary/aromatic N) is 1. The first-order valence-corrected chi connectivity index (χ1v) is 5.74. The van der Waals surface area contributed by atoms with E-state index in [1.807, 2.05) is 4.90 Å². The minimum absolute atomic E-state index is 0.000602. The Bertz CT molecular complexity index is 244. The van der Waals surface area contributed by atoms with Crippen LogP contribution >= 0.6 is 12.2 Å². The second-order valence-corrected chi connectivity index (χ2v) is 4.42. The van der Waals surface area contributed by atoms with Crippen LogP contribution in [0.3, 0.4) is 0 Å². The molecule has 0 spiro atoms. The fourth-order valence-corrected chi connectivity index (χ4v) is 2.15. The van der Waals surface area contributed by atoms with E-state index < -0.39 is 0 Å². The zero-order valence-electron chi connectivity index (χ0n) is 8.82. The third-order valence-electron chi connectivity index (χ3n) is 2.74. The second kappa shape index (κ2) is 6.02. The maximum Gasteiger partial charge on any atom is 0.229 e. The summed E-state index contributed by atoms with van der Waals surface area (Å²) >= 11 is 4.73. The van der Waals surface area contributed by atoms with Gasteiger partial charge in [-0.15, -0.1) is 0 Å². The Balaban J connectivity index is 2.54. The molecule has 1 heterocycles. The van der Waals surface area contributed by atoms with Crippen LogP contribution in [0.2, 0.25) is 0 Å². The van der Waals surface area contributed by atoms with Crippen molar-refractivity contribution >= 4 is 23.1 Å². The topological polar surface area (TPSA) is 66.6 Å². The number of hydrogen-bond acceptors (Lipinski definition) is 3. The van der Waals surface area contributed by atoms with Gasteiger partial charge in [-0.3, -0.25) is 4.79 Å². The molecule has 0 aromatic rings. The highest BCUT2D eigenvalue weighted by molar-refractivity contribution is 7.80. The maximum absolute atomic E-state index is 11.8. The standard InChI is InChI=1S/C10H18N2O2S/c11-9(15)7-10(14)12-5-2-1-3-8(12)4-6-13/h8,13H,1-7H2,(H2,11,15). The summed E-state index contributed by atoms with van der Waals surface area (Å²) in [5.41, 5.74) is 5.35. The van der Waals surface area contributed by atoms with Crippen molar-refractivity contribution < 1.29 is 9.90 Å². The van der Waals surface area contributed by atoms with E-state index in [1.165, 1.54) is 0 Å². The van der Waals surface area contributed by atoms with E-state index >= 15 is 0 Å². The van der Waals surface area contributed by atoms with Gasteiger partial charge in [0.05, 0.1) is 11.4 Å². The highest BCUT2D eigenvalue weighted by atomic mass is 32.1. The van der Waals surface area contributed by atoms with Gasteiger partial charge in [-0.2, -0.15) is 0 Å². The van der Waals surface area contributed by atoms with E-state index in [2.05, 4.69) is 0 Å². The van der Waals surface area contributed by atoms with E-state index in [-0.39, 0.29) is 30.0 Å². The zero-order chi connectivity index (χ0) is 11.3. The molecule has 1 unspecified atom stereocenters. The zero-order valence-corrected chi connectivity index (χ0v) is 9.63. The monoisotopic (exact) mass is 230 g/mol. The van der Waals surface area contributed by atoms with E-state index in [0.717, 1.165) is 25.8 Å². The Kier molecular flexibility index (Phi) is 4.98. The van der Waals surface area contributed by atoms with Crippen LogP contribution in [-0.4, -0.2) is 40.1 Å². The summed E-state index contributed by atoms with van der Waals surface area (Å²) < 4.78 is 0. The molecular formula is C10H18N2O2S. The Labute approximate surface area is 95.4 Å². The van der Waals surface area contributed by atoms with E-state index in [4.69, 9.17) is 23.1 Å². The number of likely N-dealkylation sites (tertiary alicyclic amines) is 1. The maximum atomic E-state index is 11.8. The molecule has 1 aliphatic rings. The van der Waals surface area contributed by atoms with E-state index in [0.29, 0.717) is 6.42 Å². The summed E-state index contributed by atoms with van der Waals surface area (Å²) in [6, 6.07) is 0.172. The largest absolute Gasteiger partial charge is 0.396 e. The van der Waals surface area contributed by atoms with Crippen LogP contribution in [0, 0.1) is 0 Å². The minimum Gasteiger partial charge on any atom is -0.396 e. The number of aliphatic hydroxyl groups is 1. The van der Waals surface area contributed by atoms with Crippen molar-refractivity contribution in [3.05, 3.63) is 0 Å². The molecule has 1 saturated heterocycles. The lowest BCUT2D eigenvalue weighted by molar-refractivity contribution is -0.133. The van der Waals surface area contributed by atoms with Crippen molar-refractivity contribution in [2.75, 3.05) is 13.2 Å². The first-order chi connectivity index (χ1) is 7.15. The number of thiocarbonyl (C=S) groups is 1. The number of hydrogen-bond donors (Lipinski definition) is 2. The molecule has 15 heavy (non-hydrogen) atoms. The summed E-state index contributed by atoms with van der Waals surface area (Å²) in [5.74, 6) is 0.000602. The van der Waals surface area contributed by atoms with Crippen molar-refractivity contribution in [1.29, 1.82) is 0 Å². The first kappa shape index (κ1) is 12.4. The van der Waals surface area contributed by atoms with Gasteiger partial charge >= 0.3 is 0 Å². The van der Waals surface area contributed by atoms with Gasteiger partial charge in [-0.25, -0.2) is 0 Å². The Morgan fingerprint density at radius 3 is 2.87 bits per heavy atom. The molecule has 86 valence electrons. The molecule has 0 aromatic carbocycles. The molecule has 0 aromatic heterocycles. The number of rotatable bonds is 4. The number of nitrogens with two attached hydrogens (primary N) is 1. The third-order valence-corrected chi connectivity index (χ3v) is 2.88. The minimum atomic E-state index is 0.000602. The van der Waals surface area contributed by atoms with Crippen LogP contribution in [0.15, 0.2) is 0 Å². The Morgan fingerprint density at radius 2 is 2.27 bits per heavy atom. The van der Waals surface area contributed by atoms with Gasteiger partial charge in [0, 0.05) is 19.2 Å². The van der Waals surface area contributed by atoms with E-state index in [1.54, 1.807) is 0 Å². The van der Waals surface area contributed by atoms with Crippen LogP contribution in [0.1, 0.15) is 32.1 Å². The molecule has 0 aliphatic carbocycles. The average molecular weight is 230 g/mol. The molecule has 3 N–H and O–H groups in total. The molecule has 1 rings (SSSR count). The highest BCUT2D eigenvalue weighted by Gasteiger charge is 2.25. The van der Waals surface area contributed by atoms with Crippen molar-refractivity contribution in [2.24, 2.45) is 5.73 Å². The summed E-state index contributed by atoms with van der Waals surface area (Å²) in [4.78, 5) is 13.8. The average Bonchev–Trinajstić information content (AvgIpc) is 2.18. The van der Waals surface area contributed by atoms with E-state index in [9.17, 15) is 4.79 Å². The smallest absolute Gasteiger partial charge is 0.229 e. The van der Waals surface area contributed by atoms with Gasteiger partial charge in [-0.1, -0.05) is 12.2 Å². The number of amides is 1. The highest BCUT2D eigenvalue weighted by Crippen LogP contribution is 2.20. The molecule has 4 nitrogen and oxygen atoms in total. The molecule has 1 amide bonds. The van der Waals surface area contributed by atoms with Gasteiger partial charge in [0.1, 0.15) is 0 Å². The molecule has 5 heteroatoms. The lowest BCUT2D eigenvalue weighted by Gasteiger charge is -2.35. The van der Waals surface area contributed by atoms with Crippen LogP contribution in [0.25, 0.3) is 0 Å². The Morgan fingerprint density at radius 1 is 1.53 bits per heavy atom.